The molecule has 0 aromatic heterocycles. The first-order chi connectivity index (χ1) is 15.0. The second kappa shape index (κ2) is 8.40. The first-order valence-corrected chi connectivity index (χ1v) is 9.95. The van der Waals surface area contributed by atoms with E-state index >= 15 is 0 Å². The van der Waals surface area contributed by atoms with Crippen molar-refractivity contribution in [1.82, 2.24) is 0 Å². The lowest BCUT2D eigenvalue weighted by atomic mass is 9.91. The van der Waals surface area contributed by atoms with Crippen LogP contribution in [-0.4, -0.2) is 27.9 Å². The van der Waals surface area contributed by atoms with Gasteiger partial charge in [-0.3, -0.25) is 14.4 Å². The average molecular weight is 412 g/mol. The monoisotopic (exact) mass is 412 g/mol. The van der Waals surface area contributed by atoms with Gasteiger partial charge in [-0.05, 0) is 45.2 Å². The van der Waals surface area contributed by atoms with Crippen molar-refractivity contribution in [2.24, 2.45) is 5.92 Å². The van der Waals surface area contributed by atoms with Gasteiger partial charge in [-0.2, -0.15) is 0 Å². The van der Waals surface area contributed by atoms with Gasteiger partial charge in [0, 0.05) is 12.0 Å². The Morgan fingerprint density at radius 2 is 1.35 bits per heavy atom. The molecule has 0 unspecified atom stereocenters. The van der Waals surface area contributed by atoms with Crippen LogP contribution in [0.2, 0.25) is 0 Å². The van der Waals surface area contributed by atoms with Crippen molar-refractivity contribution in [3.8, 4) is 11.1 Å². The zero-order valence-corrected chi connectivity index (χ0v) is 16.6. The van der Waals surface area contributed by atoms with E-state index in [9.17, 15) is 14.4 Å². The summed E-state index contributed by atoms with van der Waals surface area (Å²) in [6.45, 7) is 0. The molecule has 5 nitrogen and oxygen atoms in total. The van der Waals surface area contributed by atoms with Gasteiger partial charge in [0.25, 0.3) is 0 Å². The maximum atomic E-state index is 12.8. The number of carboxylic acids is 2. The minimum Gasteiger partial charge on any atom is -0.481 e. The topological polar surface area (TPSA) is 91.7 Å². The first kappa shape index (κ1) is 20.3. The molecule has 5 heteroatoms. The van der Waals surface area contributed by atoms with Crippen molar-refractivity contribution >= 4 is 39.3 Å². The van der Waals surface area contributed by atoms with Gasteiger partial charge in [0.15, 0.2) is 11.7 Å². The van der Waals surface area contributed by atoms with Gasteiger partial charge in [-0.15, -0.1) is 0 Å². The number of carbonyl (C=O) groups excluding carboxylic acids is 1. The molecule has 0 bridgehead atoms. The van der Waals surface area contributed by atoms with Crippen LogP contribution in [0.1, 0.15) is 23.2 Å². The van der Waals surface area contributed by atoms with Gasteiger partial charge in [-0.25, -0.2) is 0 Å². The van der Waals surface area contributed by atoms with Crippen molar-refractivity contribution in [2.45, 2.75) is 12.8 Å². The molecule has 0 amide bonds. The fraction of sp³-hybridized carbons (Fsp3) is 0.115. The largest absolute Gasteiger partial charge is 0.481 e. The van der Waals surface area contributed by atoms with E-state index in [1.165, 1.54) is 0 Å². The van der Waals surface area contributed by atoms with E-state index in [1.807, 2.05) is 42.5 Å². The van der Waals surface area contributed by atoms with E-state index in [2.05, 4.69) is 24.3 Å². The normalized spacial score (nSPS) is 11.1. The molecule has 0 aliphatic rings. The van der Waals surface area contributed by atoms with Crippen molar-refractivity contribution < 1.29 is 24.6 Å². The molecule has 0 spiro atoms. The van der Waals surface area contributed by atoms with E-state index in [4.69, 9.17) is 10.2 Å². The lowest BCUT2D eigenvalue weighted by Gasteiger charge is -2.12. The molecule has 0 atom stereocenters. The van der Waals surface area contributed by atoms with Gasteiger partial charge < -0.3 is 10.2 Å². The molecule has 0 aliphatic heterocycles. The zero-order chi connectivity index (χ0) is 22.0. The van der Waals surface area contributed by atoms with Crippen molar-refractivity contribution in [2.75, 3.05) is 0 Å². The molecular weight excluding hydrogens is 392 g/mol. The summed E-state index contributed by atoms with van der Waals surface area (Å²) in [6.07, 6.45) is -0.403. The van der Waals surface area contributed by atoms with Crippen molar-refractivity contribution in [3.05, 3.63) is 84.4 Å². The molecule has 0 aliphatic carbocycles. The van der Waals surface area contributed by atoms with Crippen LogP contribution < -0.4 is 0 Å². The van der Waals surface area contributed by atoms with Crippen LogP contribution >= 0.6 is 0 Å². The van der Waals surface area contributed by atoms with E-state index in [0.717, 1.165) is 32.7 Å². The summed E-state index contributed by atoms with van der Waals surface area (Å²) in [6, 6.07) is 25.4. The summed E-state index contributed by atoms with van der Waals surface area (Å²) < 4.78 is 0. The number of aliphatic carboxylic acids is 2. The molecule has 4 rings (SSSR count). The minimum absolute atomic E-state index is 0.154. The number of benzene rings is 4. The van der Waals surface area contributed by atoms with E-state index in [-0.39, 0.29) is 18.6 Å². The fourth-order valence-electron chi connectivity index (χ4n) is 3.92. The summed E-state index contributed by atoms with van der Waals surface area (Å²) >= 11 is 0. The molecule has 2 N–H and O–H groups in total. The predicted octanol–water partition coefficient (Wildman–Crippen LogP) is 5.41. The fourth-order valence-corrected chi connectivity index (χ4v) is 3.92. The Kier molecular flexibility index (Phi) is 5.50. The number of ketones is 1. The van der Waals surface area contributed by atoms with Crippen molar-refractivity contribution in [3.63, 3.8) is 0 Å². The van der Waals surface area contributed by atoms with Crippen LogP contribution in [0, 0.1) is 5.92 Å². The first-order valence-electron chi connectivity index (χ1n) is 9.95. The molecule has 0 fully saturated rings. The quantitative estimate of drug-likeness (QED) is 0.241. The number of Topliss-reactive ketones (excluding diaryl/α,β-unsaturated/α-hetero) is 1. The molecule has 4 aromatic carbocycles. The maximum absolute atomic E-state index is 12.8. The highest BCUT2D eigenvalue weighted by Crippen LogP contribution is 2.31. The summed E-state index contributed by atoms with van der Waals surface area (Å²) in [5.41, 5.74) is 2.07. The van der Waals surface area contributed by atoms with Crippen LogP contribution in [-0.2, 0) is 9.59 Å². The molecule has 0 heterocycles. The highest BCUT2D eigenvalue weighted by molar-refractivity contribution is 6.09. The SMILES string of the molecule is O=C(CCC(C(=O)O)C(=O)O)c1ccccc1-c1ccc2c(ccc3ccccc32)c1. The van der Waals surface area contributed by atoms with Gasteiger partial charge in [0.1, 0.15) is 0 Å². The maximum Gasteiger partial charge on any atom is 0.317 e. The number of rotatable bonds is 7. The molecule has 0 saturated carbocycles. The van der Waals surface area contributed by atoms with Crippen LogP contribution in [0.15, 0.2) is 78.9 Å². The Morgan fingerprint density at radius 1 is 0.710 bits per heavy atom. The third-order valence-electron chi connectivity index (χ3n) is 5.54. The second-order valence-electron chi connectivity index (χ2n) is 7.46. The Bertz CT molecular complexity index is 1310. The Labute approximate surface area is 178 Å². The average Bonchev–Trinajstić information content (AvgIpc) is 2.78. The summed E-state index contributed by atoms with van der Waals surface area (Å²) in [5, 5.41) is 22.6. The lowest BCUT2D eigenvalue weighted by Crippen LogP contribution is -2.24. The van der Waals surface area contributed by atoms with Gasteiger partial charge >= 0.3 is 11.9 Å². The van der Waals surface area contributed by atoms with Crippen molar-refractivity contribution in [1.29, 1.82) is 0 Å². The van der Waals surface area contributed by atoms with Gasteiger partial charge in [-0.1, -0.05) is 72.8 Å². The number of hydrogen-bond acceptors (Lipinski definition) is 3. The predicted molar refractivity (Wildman–Crippen MR) is 119 cm³/mol. The van der Waals surface area contributed by atoms with Gasteiger partial charge in [0.05, 0.1) is 0 Å². The van der Waals surface area contributed by atoms with Crippen LogP contribution in [0.25, 0.3) is 32.7 Å². The second-order valence-corrected chi connectivity index (χ2v) is 7.46. The number of carboxylic acid groups (broad SMARTS) is 2. The lowest BCUT2D eigenvalue weighted by molar-refractivity contribution is -0.154. The van der Waals surface area contributed by atoms with E-state index in [0.29, 0.717) is 5.56 Å². The number of carbonyl (C=O) groups is 3. The summed E-state index contributed by atoms with van der Waals surface area (Å²) in [7, 11) is 0. The molecule has 0 saturated heterocycles. The third-order valence-corrected chi connectivity index (χ3v) is 5.54. The summed E-state index contributed by atoms with van der Waals surface area (Å²) in [4.78, 5) is 35.0. The number of fused-ring (bicyclic) bond motifs is 3. The number of hydrogen-bond donors (Lipinski definition) is 2. The smallest absolute Gasteiger partial charge is 0.317 e. The molecular formula is C26H20O5. The molecule has 31 heavy (non-hydrogen) atoms. The summed E-state index contributed by atoms with van der Waals surface area (Å²) in [5.74, 6) is -4.74. The highest BCUT2D eigenvalue weighted by atomic mass is 16.4. The molecule has 4 aromatic rings. The minimum atomic E-state index is -1.59. The Balaban J connectivity index is 1.69. The van der Waals surface area contributed by atoms with Crippen LogP contribution in [0.4, 0.5) is 0 Å². The van der Waals surface area contributed by atoms with Crippen LogP contribution in [0.5, 0.6) is 0 Å². The van der Waals surface area contributed by atoms with Crippen LogP contribution in [0.3, 0.4) is 0 Å². The Morgan fingerprint density at radius 3 is 2.13 bits per heavy atom. The standard InChI is InChI=1S/C26H20O5/c27-24(14-13-23(25(28)29)26(30)31)22-8-4-3-7-20(22)18-11-12-21-17(15-18)10-9-16-5-1-2-6-19(16)21/h1-12,15,23H,13-14H2,(H,28,29)(H,30,31). The van der Waals surface area contributed by atoms with Gasteiger partial charge in [0.2, 0.25) is 0 Å². The molecule has 154 valence electrons. The zero-order valence-electron chi connectivity index (χ0n) is 16.6. The molecule has 0 radical (unpaired) electrons. The Hall–Kier alpha value is -3.99. The van der Waals surface area contributed by atoms with E-state index in [1.54, 1.807) is 12.1 Å². The van der Waals surface area contributed by atoms with E-state index < -0.39 is 17.9 Å². The third kappa shape index (κ3) is 4.03. The highest BCUT2D eigenvalue weighted by Gasteiger charge is 2.27.